The van der Waals surface area contributed by atoms with Crippen molar-refractivity contribution in [2.45, 2.75) is 57.1 Å². The number of rotatable bonds is 18. The van der Waals surface area contributed by atoms with Crippen molar-refractivity contribution in [3.8, 4) is 11.5 Å². The lowest BCUT2D eigenvalue weighted by atomic mass is 9.86. The lowest BCUT2D eigenvalue weighted by Crippen LogP contribution is -2.53. The number of aliphatic hydroxyl groups excluding tert-OH is 2. The second-order valence-electron chi connectivity index (χ2n) is 16.0. The van der Waals surface area contributed by atoms with E-state index >= 15 is 4.39 Å². The number of nitrogens with zero attached hydrogens (tertiary/aromatic N) is 1. The number of benzene rings is 5. The number of hydrogen-bond acceptors (Lipinski definition) is 11. The molecule has 4 atom stereocenters. The molecule has 0 saturated carbocycles. The van der Waals surface area contributed by atoms with E-state index in [0.717, 1.165) is 54.7 Å². The zero-order valence-electron chi connectivity index (χ0n) is 34.2. The molecule has 9 rings (SSSR count). The number of halogens is 1. The first-order chi connectivity index (χ1) is 30.2. The number of esters is 1. The van der Waals surface area contributed by atoms with Crippen LogP contribution in [-0.2, 0) is 29.1 Å². The summed E-state index contributed by atoms with van der Waals surface area (Å²) < 4.78 is 32.8. The van der Waals surface area contributed by atoms with Crippen LogP contribution in [0.25, 0.3) is 10.9 Å². The third-order valence-electron chi connectivity index (χ3n) is 11.8. The zero-order chi connectivity index (χ0) is 43.0. The standard InChI is InChI=1S/C49H51FN4O8/c50-41-25-31(19-22-51-27-43(56)39-15-17-42(55)47-40(39)16-18-45(57)52-47)9-14-37(41)30-61-48(58)35-12-10-32(11-13-35)29-60-38-8-4-7-36(26-38)46(34-5-2-1-3-6-34)53-49(59)62-44-28-54-23-20-33(44)21-24-54/h1-18,25-26,33,43-44,46,49,51,53,55-56,59H,19-24,27-30H2,(H,52,57)/t43-,44-,46-,49?/m0/s1. The Hall–Kier alpha value is -5.93. The van der Waals surface area contributed by atoms with Crippen molar-refractivity contribution in [2.75, 3.05) is 32.7 Å². The largest absolute Gasteiger partial charge is 0.506 e. The molecule has 322 valence electrons. The van der Waals surface area contributed by atoms with E-state index in [4.69, 9.17) is 14.2 Å². The Morgan fingerprint density at radius 1 is 0.855 bits per heavy atom. The average Bonchev–Trinajstić information content (AvgIpc) is 3.29. The van der Waals surface area contributed by atoms with E-state index in [1.807, 2.05) is 54.6 Å². The van der Waals surface area contributed by atoms with E-state index in [0.29, 0.717) is 41.1 Å². The van der Waals surface area contributed by atoms with Crippen molar-refractivity contribution in [1.82, 2.24) is 20.5 Å². The third-order valence-corrected chi connectivity index (χ3v) is 11.8. The zero-order valence-corrected chi connectivity index (χ0v) is 34.2. The van der Waals surface area contributed by atoms with Crippen LogP contribution in [0.1, 0.15) is 68.7 Å². The molecule has 3 saturated heterocycles. The third kappa shape index (κ3) is 10.6. The number of hydrogen-bond donors (Lipinski definition) is 6. The Bertz CT molecular complexity index is 2510. The molecule has 3 aliphatic heterocycles. The first-order valence-corrected chi connectivity index (χ1v) is 21.0. The van der Waals surface area contributed by atoms with Gasteiger partial charge in [-0.25, -0.2) is 9.18 Å². The fourth-order valence-electron chi connectivity index (χ4n) is 8.35. The molecule has 1 unspecified atom stereocenters. The van der Waals surface area contributed by atoms with Crippen LogP contribution in [0, 0.1) is 11.7 Å². The van der Waals surface area contributed by atoms with Crippen LogP contribution in [0.3, 0.4) is 0 Å². The topological polar surface area (TPSA) is 166 Å². The number of phenolic OH excluding ortho intramolecular Hbond substituents is 1. The van der Waals surface area contributed by atoms with Crippen molar-refractivity contribution in [3.05, 3.63) is 176 Å². The molecule has 13 heteroatoms. The van der Waals surface area contributed by atoms with Gasteiger partial charge in [-0.1, -0.05) is 72.8 Å². The number of aromatic nitrogens is 1. The molecule has 2 bridgehead atoms. The summed E-state index contributed by atoms with van der Waals surface area (Å²) in [7, 11) is 0. The summed E-state index contributed by atoms with van der Waals surface area (Å²) in [5, 5.41) is 39.0. The van der Waals surface area contributed by atoms with Gasteiger partial charge in [0.1, 0.15) is 30.5 Å². The number of nitrogens with one attached hydrogen (secondary N) is 3. The lowest BCUT2D eigenvalue weighted by molar-refractivity contribution is -0.194. The highest BCUT2D eigenvalue weighted by Crippen LogP contribution is 2.32. The van der Waals surface area contributed by atoms with Crippen molar-refractivity contribution in [3.63, 3.8) is 0 Å². The van der Waals surface area contributed by atoms with Gasteiger partial charge in [0.2, 0.25) is 12.0 Å². The van der Waals surface area contributed by atoms with Crippen LogP contribution in [0.4, 0.5) is 4.39 Å². The van der Waals surface area contributed by atoms with E-state index in [9.17, 15) is 24.9 Å². The highest BCUT2D eigenvalue weighted by molar-refractivity contribution is 5.89. The fraction of sp³-hybridized carbons (Fsp3) is 0.306. The van der Waals surface area contributed by atoms with E-state index in [1.54, 1.807) is 48.5 Å². The van der Waals surface area contributed by atoms with Crippen LogP contribution >= 0.6 is 0 Å². The van der Waals surface area contributed by atoms with Gasteiger partial charge in [-0.05, 0) is 115 Å². The van der Waals surface area contributed by atoms with E-state index in [1.165, 1.54) is 18.2 Å². The van der Waals surface area contributed by atoms with E-state index in [-0.39, 0.29) is 54.3 Å². The molecule has 4 heterocycles. The monoisotopic (exact) mass is 842 g/mol. The Balaban J connectivity index is 0.796. The summed E-state index contributed by atoms with van der Waals surface area (Å²) in [5.74, 6) is -0.0435. The molecule has 0 radical (unpaired) electrons. The molecule has 3 aliphatic rings. The molecule has 6 N–H and O–H groups in total. The van der Waals surface area contributed by atoms with Gasteiger partial charge in [-0.3, -0.25) is 10.1 Å². The van der Waals surface area contributed by atoms with E-state index in [2.05, 4.69) is 20.5 Å². The lowest BCUT2D eigenvalue weighted by Gasteiger charge is -2.45. The Labute approximate surface area is 358 Å². The maximum Gasteiger partial charge on any atom is 0.338 e. The number of H-pyrrole nitrogens is 1. The number of carbonyl (C=O) groups excluding carboxylic acids is 1. The quantitative estimate of drug-likeness (QED) is 0.0330. The number of pyridine rings is 1. The van der Waals surface area contributed by atoms with Gasteiger partial charge in [-0.2, -0.15) is 0 Å². The molecule has 6 aromatic rings. The van der Waals surface area contributed by atoms with Gasteiger partial charge in [0.25, 0.3) is 0 Å². The smallest absolute Gasteiger partial charge is 0.338 e. The summed E-state index contributed by atoms with van der Waals surface area (Å²) >= 11 is 0. The number of aromatic amines is 1. The van der Waals surface area contributed by atoms with E-state index < -0.39 is 24.3 Å². The van der Waals surface area contributed by atoms with Gasteiger partial charge < -0.3 is 44.7 Å². The minimum absolute atomic E-state index is 0.00583. The van der Waals surface area contributed by atoms with Gasteiger partial charge >= 0.3 is 5.97 Å². The summed E-state index contributed by atoms with van der Waals surface area (Å²) in [6.07, 6.45) is 0.611. The van der Waals surface area contributed by atoms with Gasteiger partial charge in [-0.15, -0.1) is 0 Å². The molecule has 0 spiro atoms. The molecule has 0 aliphatic carbocycles. The number of phenols is 1. The van der Waals surface area contributed by atoms with Crippen molar-refractivity contribution >= 4 is 16.9 Å². The van der Waals surface area contributed by atoms with Crippen molar-refractivity contribution < 1.29 is 38.7 Å². The minimum atomic E-state index is -1.15. The molecule has 1 aromatic heterocycles. The molecule has 3 fully saturated rings. The molecule has 62 heavy (non-hydrogen) atoms. The number of ether oxygens (including phenoxy) is 3. The summed E-state index contributed by atoms with van der Waals surface area (Å²) in [4.78, 5) is 29.6. The first kappa shape index (κ1) is 42.7. The van der Waals surface area contributed by atoms with Crippen LogP contribution < -0.4 is 20.9 Å². The average molecular weight is 843 g/mol. The highest BCUT2D eigenvalue weighted by Gasteiger charge is 2.36. The Morgan fingerprint density at radius 3 is 2.39 bits per heavy atom. The number of aliphatic hydroxyl groups is 2. The number of fused-ring (bicyclic) bond motifs is 4. The summed E-state index contributed by atoms with van der Waals surface area (Å²) in [6.45, 7) is 3.71. The van der Waals surface area contributed by atoms with Crippen LogP contribution in [0.5, 0.6) is 11.5 Å². The second kappa shape index (κ2) is 19.8. The second-order valence-corrected chi connectivity index (χ2v) is 16.0. The predicted molar refractivity (Wildman–Crippen MR) is 232 cm³/mol. The number of carbonyl (C=O) groups is 1. The molecular formula is C49H51FN4O8. The Kier molecular flexibility index (Phi) is 13.7. The van der Waals surface area contributed by atoms with Gasteiger partial charge in [0.05, 0.1) is 29.3 Å². The number of piperidine rings is 3. The maximum absolute atomic E-state index is 15.0. The first-order valence-electron chi connectivity index (χ1n) is 21.0. The minimum Gasteiger partial charge on any atom is -0.506 e. The molecule has 5 aromatic carbocycles. The van der Waals surface area contributed by atoms with Crippen LogP contribution in [-0.4, -0.2) is 76.4 Å². The van der Waals surface area contributed by atoms with Crippen molar-refractivity contribution in [1.29, 1.82) is 0 Å². The Morgan fingerprint density at radius 2 is 1.63 bits per heavy atom. The molecular weight excluding hydrogens is 792 g/mol. The van der Waals surface area contributed by atoms with Gasteiger partial charge in [0, 0.05) is 30.1 Å². The van der Waals surface area contributed by atoms with Crippen LogP contribution in [0.2, 0.25) is 0 Å². The van der Waals surface area contributed by atoms with Crippen molar-refractivity contribution in [2.24, 2.45) is 5.92 Å². The molecule has 0 amide bonds. The maximum atomic E-state index is 15.0. The predicted octanol–water partition coefficient (Wildman–Crippen LogP) is 6.24. The van der Waals surface area contributed by atoms with Crippen LogP contribution in [0.15, 0.2) is 126 Å². The fourth-order valence-corrected chi connectivity index (χ4v) is 8.35. The molecule has 12 nitrogen and oxygen atoms in total. The summed E-state index contributed by atoms with van der Waals surface area (Å²) in [6, 6.07) is 34.9. The number of aromatic hydroxyl groups is 1. The normalized spacial score (nSPS) is 18.6. The summed E-state index contributed by atoms with van der Waals surface area (Å²) in [5.41, 5.74) is 4.48. The highest BCUT2D eigenvalue weighted by atomic mass is 19.1. The SMILES string of the molecule is O=C(OCc1ccc(CCNC[C@H](O)c2ccc(O)c3[nH]c(=O)ccc23)cc1F)c1ccc(COc2cccc([C@@H](NC(O)O[C@H]3CN4CCC3CC4)c3ccccc3)c2)cc1. The van der Waals surface area contributed by atoms with Gasteiger partial charge in [0.15, 0.2) is 0 Å².